The molecule has 2 nitrogen and oxygen atoms in total. The fourth-order valence-corrected chi connectivity index (χ4v) is 1.96. The Bertz CT molecular complexity index is 138. The highest BCUT2D eigenvalue weighted by Gasteiger charge is 2.21. The van der Waals surface area contributed by atoms with Gasteiger partial charge in [0.2, 0.25) is 0 Å². The van der Waals surface area contributed by atoms with E-state index in [0.717, 1.165) is 18.3 Å². The van der Waals surface area contributed by atoms with Crippen molar-refractivity contribution in [2.45, 2.75) is 11.7 Å². The molecule has 0 saturated carbocycles. The predicted molar refractivity (Wildman–Crippen MR) is 50.3 cm³/mol. The van der Waals surface area contributed by atoms with Crippen LogP contribution in [0.5, 0.6) is 0 Å². The minimum atomic E-state index is 0.552. The highest BCUT2D eigenvalue weighted by molar-refractivity contribution is 7.99. The Hall–Kier alpha value is 0.0400. The lowest BCUT2D eigenvalue weighted by Gasteiger charge is -2.14. The first kappa shape index (κ1) is 8.14. The van der Waals surface area contributed by atoms with Gasteiger partial charge in [-0.25, -0.2) is 0 Å². The molecule has 0 radical (unpaired) electrons. The third-order valence-corrected chi connectivity index (χ3v) is 3.10. The number of rotatable bonds is 1. The number of hydrogen-bond acceptors (Lipinski definition) is 2. The van der Waals surface area contributed by atoms with Crippen molar-refractivity contribution < 1.29 is 0 Å². The Morgan fingerprint density at radius 1 is 1.80 bits per heavy atom. The third kappa shape index (κ3) is 1.76. The summed E-state index contributed by atoms with van der Waals surface area (Å²) in [5.41, 5.74) is 5.46. The van der Waals surface area contributed by atoms with Crippen molar-refractivity contribution in [1.29, 1.82) is 0 Å². The van der Waals surface area contributed by atoms with Crippen molar-refractivity contribution in [3.63, 3.8) is 0 Å². The van der Waals surface area contributed by atoms with Crippen molar-refractivity contribution in [2.75, 3.05) is 19.3 Å². The molecule has 1 heterocycles. The summed E-state index contributed by atoms with van der Waals surface area (Å²) in [5, 5.41) is 1.29. The maximum Gasteiger partial charge on any atom is 0.166 e. The molecule has 1 aliphatic heterocycles. The molecule has 1 fully saturated rings. The number of thioether (sulfide) groups is 1. The van der Waals surface area contributed by atoms with Crippen molar-refractivity contribution in [3.8, 4) is 0 Å². The van der Waals surface area contributed by atoms with Gasteiger partial charge in [0.05, 0.1) is 0 Å². The molecule has 1 atom stereocenters. The van der Waals surface area contributed by atoms with Gasteiger partial charge in [0.25, 0.3) is 0 Å². The van der Waals surface area contributed by atoms with E-state index in [4.69, 9.17) is 18.0 Å². The number of hydrogen-bond donors (Lipinski definition) is 1. The minimum absolute atomic E-state index is 0.552. The Morgan fingerprint density at radius 2 is 2.50 bits per heavy atom. The summed E-state index contributed by atoms with van der Waals surface area (Å²) in [5.74, 6) is 0. The van der Waals surface area contributed by atoms with E-state index in [0.29, 0.717) is 5.11 Å². The molecule has 0 aromatic carbocycles. The molecule has 0 aromatic heterocycles. The zero-order valence-corrected chi connectivity index (χ0v) is 7.67. The maximum atomic E-state index is 5.46. The van der Waals surface area contributed by atoms with E-state index in [2.05, 4.69) is 11.2 Å². The summed E-state index contributed by atoms with van der Waals surface area (Å²) >= 11 is 6.75. The zero-order chi connectivity index (χ0) is 7.56. The van der Waals surface area contributed by atoms with Crippen LogP contribution in [-0.4, -0.2) is 34.6 Å². The highest BCUT2D eigenvalue weighted by Crippen LogP contribution is 2.19. The van der Waals surface area contributed by atoms with Crippen LogP contribution in [0.25, 0.3) is 0 Å². The number of thiocarbonyl (C=S) groups is 1. The highest BCUT2D eigenvalue weighted by atomic mass is 32.2. The van der Waals surface area contributed by atoms with Crippen LogP contribution < -0.4 is 5.73 Å². The van der Waals surface area contributed by atoms with Crippen molar-refractivity contribution in [3.05, 3.63) is 0 Å². The second-order valence-electron chi connectivity index (χ2n) is 2.43. The van der Waals surface area contributed by atoms with E-state index >= 15 is 0 Å². The topological polar surface area (TPSA) is 29.3 Å². The van der Waals surface area contributed by atoms with E-state index in [1.165, 1.54) is 6.42 Å². The van der Waals surface area contributed by atoms with Gasteiger partial charge in [-0.05, 0) is 24.9 Å². The van der Waals surface area contributed by atoms with Crippen LogP contribution in [0.2, 0.25) is 0 Å². The van der Waals surface area contributed by atoms with E-state index < -0.39 is 0 Å². The quantitative estimate of drug-likeness (QED) is 0.595. The lowest BCUT2D eigenvalue weighted by molar-refractivity contribution is 0.525. The third-order valence-electron chi connectivity index (χ3n) is 1.79. The van der Waals surface area contributed by atoms with E-state index in [1.807, 2.05) is 11.8 Å². The monoisotopic (exact) mass is 176 g/mol. The van der Waals surface area contributed by atoms with Gasteiger partial charge in [-0.2, -0.15) is 11.8 Å². The Morgan fingerprint density at radius 3 is 2.80 bits per heavy atom. The molecule has 58 valence electrons. The Labute approximate surface area is 71.1 Å². The molecule has 0 bridgehead atoms. The van der Waals surface area contributed by atoms with Crippen molar-refractivity contribution >= 4 is 29.1 Å². The Balaban J connectivity index is 2.35. The molecule has 10 heavy (non-hydrogen) atoms. The average Bonchev–Trinajstić information content (AvgIpc) is 2.34. The van der Waals surface area contributed by atoms with E-state index in [9.17, 15) is 0 Å². The largest absolute Gasteiger partial charge is 0.376 e. The SMILES string of the molecule is CSC1CCN(C(N)=S)C1. The number of likely N-dealkylation sites (tertiary alicyclic amines) is 1. The smallest absolute Gasteiger partial charge is 0.166 e. The first-order valence-electron chi connectivity index (χ1n) is 3.31. The zero-order valence-electron chi connectivity index (χ0n) is 6.04. The van der Waals surface area contributed by atoms with Crippen LogP contribution in [-0.2, 0) is 0 Å². The molecular formula is C6H12N2S2. The molecule has 4 heteroatoms. The average molecular weight is 176 g/mol. The van der Waals surface area contributed by atoms with Gasteiger partial charge >= 0.3 is 0 Å². The fraction of sp³-hybridized carbons (Fsp3) is 0.833. The van der Waals surface area contributed by atoms with Crippen LogP contribution in [0, 0.1) is 0 Å². The van der Waals surface area contributed by atoms with Gasteiger partial charge in [-0.15, -0.1) is 0 Å². The van der Waals surface area contributed by atoms with Gasteiger partial charge in [0.15, 0.2) is 5.11 Å². The molecule has 0 aliphatic carbocycles. The molecule has 1 aliphatic rings. The molecule has 0 spiro atoms. The molecule has 0 amide bonds. The second-order valence-corrected chi connectivity index (χ2v) is 3.99. The lowest BCUT2D eigenvalue weighted by Crippen LogP contribution is -2.33. The molecule has 1 unspecified atom stereocenters. The Kier molecular flexibility index (Phi) is 2.80. The molecule has 0 aromatic rings. The fourth-order valence-electron chi connectivity index (χ4n) is 1.12. The summed E-state index contributed by atoms with van der Waals surface area (Å²) in [6, 6.07) is 0. The summed E-state index contributed by atoms with van der Waals surface area (Å²) in [6.45, 7) is 2.08. The summed E-state index contributed by atoms with van der Waals surface area (Å²) in [7, 11) is 0. The van der Waals surface area contributed by atoms with Crippen LogP contribution in [0.4, 0.5) is 0 Å². The predicted octanol–water partition coefficient (Wildman–Crippen LogP) is 0.667. The van der Waals surface area contributed by atoms with Gasteiger partial charge in [-0.3, -0.25) is 0 Å². The van der Waals surface area contributed by atoms with E-state index in [-0.39, 0.29) is 0 Å². The molecular weight excluding hydrogens is 164 g/mol. The molecule has 1 rings (SSSR count). The van der Waals surface area contributed by atoms with Crippen LogP contribution in [0.3, 0.4) is 0 Å². The second kappa shape index (κ2) is 3.44. The summed E-state index contributed by atoms with van der Waals surface area (Å²) in [6.07, 6.45) is 3.35. The minimum Gasteiger partial charge on any atom is -0.376 e. The van der Waals surface area contributed by atoms with Crippen molar-refractivity contribution in [2.24, 2.45) is 5.73 Å². The van der Waals surface area contributed by atoms with Crippen LogP contribution in [0.1, 0.15) is 6.42 Å². The van der Waals surface area contributed by atoms with Gasteiger partial charge in [0.1, 0.15) is 0 Å². The van der Waals surface area contributed by atoms with Gasteiger partial charge < -0.3 is 10.6 Å². The molecule has 1 saturated heterocycles. The van der Waals surface area contributed by atoms with Gasteiger partial charge in [-0.1, -0.05) is 0 Å². The standard InChI is InChI=1S/C6H12N2S2/c1-10-5-2-3-8(4-5)6(7)9/h5H,2-4H2,1H3,(H2,7,9). The number of nitrogens with two attached hydrogens (primary N) is 1. The maximum absolute atomic E-state index is 5.46. The summed E-state index contributed by atoms with van der Waals surface area (Å²) in [4.78, 5) is 2.07. The van der Waals surface area contributed by atoms with Gasteiger partial charge in [0, 0.05) is 18.3 Å². The van der Waals surface area contributed by atoms with E-state index in [1.54, 1.807) is 0 Å². The first-order chi connectivity index (χ1) is 4.74. The lowest BCUT2D eigenvalue weighted by atomic mass is 10.4. The molecule has 2 N–H and O–H groups in total. The normalized spacial score (nSPS) is 25.3. The number of nitrogens with zero attached hydrogens (tertiary/aromatic N) is 1. The van der Waals surface area contributed by atoms with Crippen molar-refractivity contribution in [1.82, 2.24) is 4.90 Å². The first-order valence-corrected chi connectivity index (χ1v) is 5.01. The van der Waals surface area contributed by atoms with Crippen LogP contribution in [0.15, 0.2) is 0 Å². The summed E-state index contributed by atoms with van der Waals surface area (Å²) < 4.78 is 0. The van der Waals surface area contributed by atoms with Crippen LogP contribution >= 0.6 is 24.0 Å².